The van der Waals surface area contributed by atoms with Crippen molar-refractivity contribution in [2.75, 3.05) is 25.5 Å². The van der Waals surface area contributed by atoms with Crippen molar-refractivity contribution in [1.29, 1.82) is 0 Å². The van der Waals surface area contributed by atoms with Gasteiger partial charge in [0, 0.05) is 18.8 Å². The number of rotatable bonds is 6. The number of carbonyl (C=O) groups excluding carboxylic acids is 2. The fourth-order valence-electron chi connectivity index (χ4n) is 1.95. The lowest BCUT2D eigenvalue weighted by atomic mass is 10.2. The number of amides is 2. The molecule has 0 bridgehead atoms. The summed E-state index contributed by atoms with van der Waals surface area (Å²) in [5.41, 5.74) is 1.76. The lowest BCUT2D eigenvalue weighted by molar-refractivity contribution is -0.135. The maximum atomic E-state index is 13.0. The van der Waals surface area contributed by atoms with Crippen LogP contribution in [-0.2, 0) is 9.59 Å². The number of halogens is 1. The second kappa shape index (κ2) is 8.10. The molecule has 0 unspecified atom stereocenters. The number of anilines is 1. The SMILES string of the molecule is Cc1ccc(NC(=O)CN(C)C(=O)COc2cccc(F)c2)cc1. The van der Waals surface area contributed by atoms with E-state index in [1.54, 1.807) is 18.2 Å². The van der Waals surface area contributed by atoms with Crippen LogP contribution in [0.4, 0.5) is 10.1 Å². The molecule has 1 N–H and O–H groups in total. The minimum Gasteiger partial charge on any atom is -0.484 e. The minimum atomic E-state index is -0.439. The summed E-state index contributed by atoms with van der Waals surface area (Å²) in [6, 6.07) is 12.9. The van der Waals surface area contributed by atoms with E-state index in [1.165, 1.54) is 30.1 Å². The molecule has 2 aromatic rings. The molecule has 0 radical (unpaired) electrons. The molecule has 0 spiro atoms. The highest BCUT2D eigenvalue weighted by atomic mass is 19.1. The third-order valence-corrected chi connectivity index (χ3v) is 3.30. The molecule has 0 aromatic heterocycles. The molecule has 2 amide bonds. The molecule has 24 heavy (non-hydrogen) atoms. The first-order valence-electron chi connectivity index (χ1n) is 7.43. The van der Waals surface area contributed by atoms with Crippen molar-refractivity contribution in [2.45, 2.75) is 6.92 Å². The first-order chi connectivity index (χ1) is 11.4. The Kier molecular flexibility index (Phi) is 5.89. The standard InChI is InChI=1S/C18H19FN2O3/c1-13-6-8-15(9-7-13)20-17(22)11-21(2)18(23)12-24-16-5-3-4-14(19)10-16/h3-10H,11-12H2,1-2H3,(H,20,22). The van der Waals surface area contributed by atoms with Crippen LogP contribution >= 0.6 is 0 Å². The first-order valence-corrected chi connectivity index (χ1v) is 7.43. The van der Waals surface area contributed by atoms with Crippen LogP contribution in [-0.4, -0.2) is 36.9 Å². The van der Waals surface area contributed by atoms with Crippen LogP contribution in [0.5, 0.6) is 5.75 Å². The largest absolute Gasteiger partial charge is 0.484 e. The smallest absolute Gasteiger partial charge is 0.260 e. The van der Waals surface area contributed by atoms with Crippen LogP contribution in [0, 0.1) is 12.7 Å². The summed E-state index contributed by atoms with van der Waals surface area (Å²) < 4.78 is 18.2. The molecule has 0 aliphatic rings. The molecule has 0 aliphatic heterocycles. The van der Waals surface area contributed by atoms with Gasteiger partial charge in [0.2, 0.25) is 5.91 Å². The van der Waals surface area contributed by atoms with E-state index >= 15 is 0 Å². The molecule has 0 fully saturated rings. The minimum absolute atomic E-state index is 0.0980. The Hall–Kier alpha value is -2.89. The van der Waals surface area contributed by atoms with E-state index in [9.17, 15) is 14.0 Å². The summed E-state index contributed by atoms with van der Waals surface area (Å²) in [6.07, 6.45) is 0. The number of nitrogens with one attached hydrogen (secondary N) is 1. The van der Waals surface area contributed by atoms with Crippen LogP contribution in [0.3, 0.4) is 0 Å². The Morgan fingerprint density at radius 3 is 2.54 bits per heavy atom. The highest BCUT2D eigenvalue weighted by Gasteiger charge is 2.14. The van der Waals surface area contributed by atoms with E-state index in [0.29, 0.717) is 5.69 Å². The van der Waals surface area contributed by atoms with E-state index in [2.05, 4.69) is 5.32 Å². The van der Waals surface area contributed by atoms with Gasteiger partial charge in [-0.3, -0.25) is 9.59 Å². The fourth-order valence-corrected chi connectivity index (χ4v) is 1.95. The normalized spacial score (nSPS) is 10.1. The summed E-state index contributed by atoms with van der Waals surface area (Å²) >= 11 is 0. The van der Waals surface area contributed by atoms with Gasteiger partial charge >= 0.3 is 0 Å². The van der Waals surface area contributed by atoms with Crippen LogP contribution in [0.2, 0.25) is 0 Å². The van der Waals surface area contributed by atoms with Gasteiger partial charge in [0.05, 0.1) is 6.54 Å². The molecule has 0 saturated heterocycles. The van der Waals surface area contributed by atoms with Gasteiger partial charge in [0.25, 0.3) is 5.91 Å². The molecular weight excluding hydrogens is 311 g/mol. The number of nitrogens with zero attached hydrogens (tertiary/aromatic N) is 1. The molecule has 0 heterocycles. The monoisotopic (exact) mass is 330 g/mol. The van der Waals surface area contributed by atoms with Gasteiger partial charge in [-0.15, -0.1) is 0 Å². The number of benzene rings is 2. The summed E-state index contributed by atoms with van der Waals surface area (Å²) in [5.74, 6) is -0.856. The molecular formula is C18H19FN2O3. The molecule has 5 nitrogen and oxygen atoms in total. The highest BCUT2D eigenvalue weighted by molar-refractivity contribution is 5.94. The van der Waals surface area contributed by atoms with Gasteiger partial charge < -0.3 is 15.0 Å². The third kappa shape index (κ3) is 5.39. The number of aryl methyl sites for hydroxylation is 1. The topological polar surface area (TPSA) is 58.6 Å². The molecule has 0 atom stereocenters. The van der Waals surface area contributed by atoms with Crippen molar-refractivity contribution in [2.24, 2.45) is 0 Å². The predicted molar refractivity (Wildman–Crippen MR) is 89.3 cm³/mol. The van der Waals surface area contributed by atoms with Gasteiger partial charge in [-0.25, -0.2) is 4.39 Å². The van der Waals surface area contributed by atoms with E-state index in [1.807, 2.05) is 19.1 Å². The molecule has 0 aliphatic carbocycles. The van der Waals surface area contributed by atoms with Gasteiger partial charge in [-0.1, -0.05) is 23.8 Å². The Morgan fingerprint density at radius 1 is 1.17 bits per heavy atom. The average Bonchev–Trinajstić information content (AvgIpc) is 2.54. The average molecular weight is 330 g/mol. The Labute approximate surface area is 140 Å². The second-order valence-electron chi connectivity index (χ2n) is 5.41. The van der Waals surface area contributed by atoms with Crippen molar-refractivity contribution in [3.8, 4) is 5.75 Å². The first kappa shape index (κ1) is 17.5. The van der Waals surface area contributed by atoms with Gasteiger partial charge in [-0.05, 0) is 31.2 Å². The number of likely N-dealkylation sites (N-methyl/N-ethyl adjacent to an activating group) is 1. The third-order valence-electron chi connectivity index (χ3n) is 3.30. The van der Waals surface area contributed by atoms with Crippen molar-refractivity contribution in [1.82, 2.24) is 4.90 Å². The van der Waals surface area contributed by atoms with Crippen molar-refractivity contribution >= 4 is 17.5 Å². The Bertz CT molecular complexity index is 716. The van der Waals surface area contributed by atoms with Gasteiger partial charge in [-0.2, -0.15) is 0 Å². The zero-order valence-electron chi connectivity index (χ0n) is 13.6. The number of carbonyl (C=O) groups is 2. The van der Waals surface area contributed by atoms with E-state index in [4.69, 9.17) is 4.74 Å². The van der Waals surface area contributed by atoms with Crippen LogP contribution in [0.1, 0.15) is 5.56 Å². The van der Waals surface area contributed by atoms with Crippen LogP contribution in [0.25, 0.3) is 0 Å². The maximum absolute atomic E-state index is 13.0. The molecule has 2 aromatic carbocycles. The molecule has 2 rings (SSSR count). The molecule has 6 heteroatoms. The van der Waals surface area contributed by atoms with Gasteiger partial charge in [0.1, 0.15) is 11.6 Å². The Morgan fingerprint density at radius 2 is 1.88 bits per heavy atom. The van der Waals surface area contributed by atoms with Crippen molar-refractivity contribution in [3.63, 3.8) is 0 Å². The van der Waals surface area contributed by atoms with E-state index < -0.39 is 5.82 Å². The molecule has 126 valence electrons. The summed E-state index contributed by atoms with van der Waals surface area (Å²) in [4.78, 5) is 25.1. The number of hydrogen-bond acceptors (Lipinski definition) is 3. The zero-order chi connectivity index (χ0) is 17.5. The van der Waals surface area contributed by atoms with Gasteiger partial charge in [0.15, 0.2) is 6.61 Å². The highest BCUT2D eigenvalue weighted by Crippen LogP contribution is 2.12. The summed E-state index contributed by atoms with van der Waals surface area (Å²) in [5, 5.41) is 2.71. The van der Waals surface area contributed by atoms with E-state index in [-0.39, 0.29) is 30.7 Å². The summed E-state index contributed by atoms with van der Waals surface area (Å²) in [7, 11) is 1.51. The van der Waals surface area contributed by atoms with Crippen molar-refractivity contribution < 1.29 is 18.7 Å². The number of ether oxygens (including phenoxy) is 1. The second-order valence-corrected chi connectivity index (χ2v) is 5.41. The zero-order valence-corrected chi connectivity index (χ0v) is 13.6. The van der Waals surface area contributed by atoms with E-state index in [0.717, 1.165) is 5.56 Å². The van der Waals surface area contributed by atoms with Crippen LogP contribution < -0.4 is 10.1 Å². The fraction of sp³-hybridized carbons (Fsp3) is 0.222. The Balaban J connectivity index is 1.80. The molecule has 0 saturated carbocycles. The maximum Gasteiger partial charge on any atom is 0.260 e. The van der Waals surface area contributed by atoms with Crippen molar-refractivity contribution in [3.05, 3.63) is 59.9 Å². The van der Waals surface area contributed by atoms with Crippen LogP contribution in [0.15, 0.2) is 48.5 Å². The summed E-state index contributed by atoms with van der Waals surface area (Å²) in [6.45, 7) is 1.59. The quantitative estimate of drug-likeness (QED) is 0.886. The lowest BCUT2D eigenvalue weighted by Gasteiger charge is -2.17. The predicted octanol–water partition coefficient (Wildman–Crippen LogP) is 2.61. The lowest BCUT2D eigenvalue weighted by Crippen LogP contribution is -2.37. The number of hydrogen-bond donors (Lipinski definition) is 1.